The van der Waals surface area contributed by atoms with E-state index >= 15 is 0 Å². The summed E-state index contributed by atoms with van der Waals surface area (Å²) in [6.45, 7) is 10.7. The van der Waals surface area contributed by atoms with Crippen LogP contribution < -0.4 is 4.90 Å². The molecule has 8 heteroatoms. The number of carbonyl (C=O) groups excluding carboxylic acids is 2. The standard InChI is InChI=1S/C25H38N6O2/c1-20-4-3-9-31(20)25(33)21-7-8-23(26-18-21)29-12-10-27(11-13-29)19-24(32)30-16-14-28(15-17-30)22-5-2-6-22/h7-8,18,20,22H,2-6,9-17,19H2,1H3. The first-order valence-electron chi connectivity index (χ1n) is 12.8. The third kappa shape index (κ3) is 5.01. The fraction of sp³-hybridized carbons (Fsp3) is 0.720. The van der Waals surface area contributed by atoms with E-state index in [9.17, 15) is 9.59 Å². The van der Waals surface area contributed by atoms with Crippen molar-refractivity contribution in [1.29, 1.82) is 0 Å². The summed E-state index contributed by atoms with van der Waals surface area (Å²) in [4.78, 5) is 41.2. The first-order valence-corrected chi connectivity index (χ1v) is 12.8. The zero-order valence-electron chi connectivity index (χ0n) is 20.0. The Morgan fingerprint density at radius 3 is 2.24 bits per heavy atom. The van der Waals surface area contributed by atoms with Crippen LogP contribution in [0.4, 0.5) is 5.82 Å². The van der Waals surface area contributed by atoms with E-state index in [2.05, 4.69) is 31.5 Å². The van der Waals surface area contributed by atoms with Crippen molar-refractivity contribution in [2.45, 2.75) is 51.1 Å². The molecular weight excluding hydrogens is 416 g/mol. The van der Waals surface area contributed by atoms with Crippen LogP contribution in [-0.4, -0.2) is 114 Å². The molecule has 3 saturated heterocycles. The number of anilines is 1. The van der Waals surface area contributed by atoms with Crippen LogP contribution in [0.3, 0.4) is 0 Å². The summed E-state index contributed by atoms with van der Waals surface area (Å²) in [6.07, 6.45) is 7.93. The second-order valence-electron chi connectivity index (χ2n) is 10.2. The third-order valence-corrected chi connectivity index (χ3v) is 8.12. The van der Waals surface area contributed by atoms with E-state index in [1.54, 1.807) is 6.20 Å². The van der Waals surface area contributed by atoms with Crippen LogP contribution in [0.2, 0.25) is 0 Å². The Morgan fingerprint density at radius 1 is 0.909 bits per heavy atom. The lowest BCUT2D eigenvalue weighted by atomic mass is 9.91. The maximum absolute atomic E-state index is 12.8. The van der Waals surface area contributed by atoms with Crippen molar-refractivity contribution in [3.05, 3.63) is 23.9 Å². The minimum Gasteiger partial charge on any atom is -0.354 e. The van der Waals surface area contributed by atoms with E-state index < -0.39 is 0 Å². The third-order valence-electron chi connectivity index (χ3n) is 8.12. The highest BCUT2D eigenvalue weighted by Gasteiger charge is 2.30. The van der Waals surface area contributed by atoms with Gasteiger partial charge in [0.15, 0.2) is 0 Å². The fourth-order valence-corrected chi connectivity index (χ4v) is 5.62. The molecule has 0 aromatic carbocycles. The molecular formula is C25H38N6O2. The maximum atomic E-state index is 12.8. The molecule has 33 heavy (non-hydrogen) atoms. The van der Waals surface area contributed by atoms with Crippen LogP contribution >= 0.6 is 0 Å². The summed E-state index contributed by atoms with van der Waals surface area (Å²) in [6, 6.07) is 4.98. The molecule has 1 aromatic heterocycles. The average molecular weight is 455 g/mol. The molecule has 3 aliphatic heterocycles. The van der Waals surface area contributed by atoms with Gasteiger partial charge in [-0.2, -0.15) is 0 Å². The summed E-state index contributed by atoms with van der Waals surface area (Å²) in [5.74, 6) is 1.28. The average Bonchev–Trinajstić information content (AvgIpc) is 3.24. The number of amides is 2. The molecule has 0 radical (unpaired) electrons. The molecule has 2 amide bonds. The van der Waals surface area contributed by atoms with Gasteiger partial charge < -0.3 is 14.7 Å². The second-order valence-corrected chi connectivity index (χ2v) is 10.2. The van der Waals surface area contributed by atoms with E-state index in [-0.39, 0.29) is 11.8 Å². The Kier molecular flexibility index (Phi) is 6.83. The van der Waals surface area contributed by atoms with E-state index in [1.807, 2.05) is 17.0 Å². The number of piperazine rings is 2. The normalized spacial score (nSPS) is 25.4. The molecule has 0 spiro atoms. The number of rotatable bonds is 5. The van der Waals surface area contributed by atoms with Crippen molar-refractivity contribution in [2.24, 2.45) is 0 Å². The van der Waals surface area contributed by atoms with Gasteiger partial charge in [0.1, 0.15) is 5.82 Å². The number of carbonyl (C=O) groups is 2. The molecule has 0 N–H and O–H groups in total. The lowest BCUT2D eigenvalue weighted by Gasteiger charge is -2.43. The summed E-state index contributed by atoms with van der Waals surface area (Å²) in [7, 11) is 0. The second kappa shape index (κ2) is 9.97. The maximum Gasteiger partial charge on any atom is 0.255 e. The zero-order valence-corrected chi connectivity index (χ0v) is 20.0. The molecule has 1 aliphatic carbocycles. The molecule has 5 rings (SSSR count). The van der Waals surface area contributed by atoms with Gasteiger partial charge >= 0.3 is 0 Å². The first-order chi connectivity index (χ1) is 16.1. The monoisotopic (exact) mass is 454 g/mol. The largest absolute Gasteiger partial charge is 0.354 e. The lowest BCUT2D eigenvalue weighted by Crippen LogP contribution is -2.56. The molecule has 1 saturated carbocycles. The van der Waals surface area contributed by atoms with E-state index in [4.69, 9.17) is 0 Å². The van der Waals surface area contributed by atoms with Crippen LogP contribution in [0, 0.1) is 0 Å². The Labute approximate surface area is 197 Å². The number of likely N-dealkylation sites (tertiary alicyclic amines) is 1. The van der Waals surface area contributed by atoms with Gasteiger partial charge in [0.05, 0.1) is 12.1 Å². The number of aromatic nitrogens is 1. The summed E-state index contributed by atoms with van der Waals surface area (Å²) >= 11 is 0. The predicted molar refractivity (Wildman–Crippen MR) is 128 cm³/mol. The Balaban J connectivity index is 1.06. The summed E-state index contributed by atoms with van der Waals surface area (Å²) in [5, 5.41) is 0. The zero-order chi connectivity index (χ0) is 22.8. The summed E-state index contributed by atoms with van der Waals surface area (Å²) < 4.78 is 0. The number of hydrogen-bond acceptors (Lipinski definition) is 6. The van der Waals surface area contributed by atoms with Gasteiger partial charge in [-0.15, -0.1) is 0 Å². The Hall–Kier alpha value is -2.19. The van der Waals surface area contributed by atoms with Crippen LogP contribution in [0.25, 0.3) is 0 Å². The van der Waals surface area contributed by atoms with Gasteiger partial charge in [0.2, 0.25) is 5.91 Å². The molecule has 1 unspecified atom stereocenters. The van der Waals surface area contributed by atoms with E-state index in [1.165, 1.54) is 19.3 Å². The highest BCUT2D eigenvalue weighted by molar-refractivity contribution is 5.94. The quantitative estimate of drug-likeness (QED) is 0.672. The topological polar surface area (TPSA) is 63.2 Å². The van der Waals surface area contributed by atoms with E-state index in [0.717, 1.165) is 83.6 Å². The first kappa shape index (κ1) is 22.6. The van der Waals surface area contributed by atoms with Gasteiger partial charge in [0.25, 0.3) is 5.91 Å². The molecule has 4 aliphatic rings. The lowest BCUT2D eigenvalue weighted by molar-refractivity contribution is -0.134. The van der Waals surface area contributed by atoms with Crippen molar-refractivity contribution < 1.29 is 9.59 Å². The SMILES string of the molecule is CC1CCCN1C(=O)c1ccc(N2CCN(CC(=O)N3CCN(C4CCC4)CC3)CC2)nc1. The fourth-order valence-electron chi connectivity index (χ4n) is 5.62. The van der Waals surface area contributed by atoms with Crippen molar-refractivity contribution >= 4 is 17.6 Å². The van der Waals surface area contributed by atoms with Crippen LogP contribution in [-0.2, 0) is 4.79 Å². The molecule has 0 bridgehead atoms. The number of hydrogen-bond donors (Lipinski definition) is 0. The Bertz CT molecular complexity index is 826. The molecule has 180 valence electrons. The molecule has 1 atom stereocenters. The number of pyridine rings is 1. The molecule has 4 heterocycles. The Morgan fingerprint density at radius 2 is 1.67 bits per heavy atom. The summed E-state index contributed by atoms with van der Waals surface area (Å²) in [5.41, 5.74) is 0.675. The molecule has 1 aromatic rings. The predicted octanol–water partition coefficient (Wildman–Crippen LogP) is 1.52. The van der Waals surface area contributed by atoms with Gasteiger partial charge in [-0.3, -0.25) is 19.4 Å². The minimum absolute atomic E-state index is 0.0934. The van der Waals surface area contributed by atoms with Gasteiger partial charge in [-0.25, -0.2) is 4.98 Å². The van der Waals surface area contributed by atoms with Gasteiger partial charge in [-0.05, 0) is 44.7 Å². The van der Waals surface area contributed by atoms with Crippen LogP contribution in [0.5, 0.6) is 0 Å². The van der Waals surface area contributed by atoms with Crippen molar-refractivity contribution in [3.8, 4) is 0 Å². The highest BCUT2D eigenvalue weighted by Crippen LogP contribution is 2.25. The minimum atomic E-state index is 0.0934. The van der Waals surface area contributed by atoms with Gasteiger partial charge in [0, 0.05) is 77.2 Å². The van der Waals surface area contributed by atoms with Crippen molar-refractivity contribution in [1.82, 2.24) is 24.6 Å². The molecule has 4 fully saturated rings. The number of nitrogens with zero attached hydrogens (tertiary/aromatic N) is 6. The van der Waals surface area contributed by atoms with Crippen molar-refractivity contribution in [2.75, 3.05) is 70.3 Å². The van der Waals surface area contributed by atoms with Crippen LogP contribution in [0.15, 0.2) is 18.3 Å². The van der Waals surface area contributed by atoms with E-state index in [0.29, 0.717) is 18.2 Å². The molecule has 8 nitrogen and oxygen atoms in total. The van der Waals surface area contributed by atoms with Crippen LogP contribution in [0.1, 0.15) is 49.4 Å². The highest BCUT2D eigenvalue weighted by atomic mass is 16.2. The smallest absolute Gasteiger partial charge is 0.255 e. The van der Waals surface area contributed by atoms with Crippen molar-refractivity contribution in [3.63, 3.8) is 0 Å². The van der Waals surface area contributed by atoms with Gasteiger partial charge in [-0.1, -0.05) is 6.42 Å².